The maximum atomic E-state index is 9.60. The van der Waals surface area contributed by atoms with Gasteiger partial charge >= 0.3 is 0 Å². The Hall–Kier alpha value is -0.160. The fourth-order valence-electron chi connectivity index (χ4n) is 2.47. The van der Waals surface area contributed by atoms with Gasteiger partial charge in [0.15, 0.2) is 5.79 Å². The largest absolute Gasteiger partial charge is 0.392 e. The molecule has 0 aromatic heterocycles. The minimum Gasteiger partial charge on any atom is -0.392 e. The average molecular weight is 229 g/mol. The SMILES string of the molecule is CC[C@@H](O)CN1CCC2(CC1)OC[C@H](C)O2. The molecule has 2 heterocycles. The molecule has 0 amide bonds. The van der Waals surface area contributed by atoms with E-state index in [1.54, 1.807) is 0 Å². The molecular weight excluding hydrogens is 206 g/mol. The molecule has 2 fully saturated rings. The Morgan fingerprint density at radius 3 is 2.62 bits per heavy atom. The molecule has 4 heteroatoms. The Labute approximate surface area is 97.5 Å². The molecule has 16 heavy (non-hydrogen) atoms. The van der Waals surface area contributed by atoms with E-state index in [0.29, 0.717) is 0 Å². The van der Waals surface area contributed by atoms with Crippen LogP contribution in [0.25, 0.3) is 0 Å². The van der Waals surface area contributed by atoms with Crippen LogP contribution in [0.3, 0.4) is 0 Å². The summed E-state index contributed by atoms with van der Waals surface area (Å²) in [7, 11) is 0. The molecule has 0 aliphatic carbocycles. The van der Waals surface area contributed by atoms with Gasteiger partial charge in [-0.15, -0.1) is 0 Å². The monoisotopic (exact) mass is 229 g/mol. The molecule has 4 nitrogen and oxygen atoms in total. The smallest absolute Gasteiger partial charge is 0.171 e. The van der Waals surface area contributed by atoms with Gasteiger partial charge in [-0.25, -0.2) is 0 Å². The molecule has 2 aliphatic heterocycles. The highest BCUT2D eigenvalue weighted by Crippen LogP contribution is 2.33. The lowest BCUT2D eigenvalue weighted by molar-refractivity contribution is -0.194. The van der Waals surface area contributed by atoms with Crippen molar-refractivity contribution in [2.24, 2.45) is 0 Å². The van der Waals surface area contributed by atoms with Crippen LogP contribution < -0.4 is 0 Å². The van der Waals surface area contributed by atoms with Crippen molar-refractivity contribution in [2.75, 3.05) is 26.2 Å². The number of β-amino-alcohol motifs (C(OH)–C–C–N with tert-alkyl or cyclic N) is 1. The average Bonchev–Trinajstić information content (AvgIpc) is 2.64. The van der Waals surface area contributed by atoms with Gasteiger partial charge in [-0.1, -0.05) is 6.92 Å². The zero-order valence-electron chi connectivity index (χ0n) is 10.3. The fourth-order valence-corrected chi connectivity index (χ4v) is 2.47. The van der Waals surface area contributed by atoms with Crippen molar-refractivity contribution in [1.29, 1.82) is 0 Å². The fraction of sp³-hybridized carbons (Fsp3) is 1.00. The molecule has 1 N–H and O–H groups in total. The molecule has 2 aliphatic rings. The minimum atomic E-state index is -0.312. The van der Waals surface area contributed by atoms with Crippen LogP contribution in [0.15, 0.2) is 0 Å². The van der Waals surface area contributed by atoms with E-state index in [2.05, 4.69) is 11.8 Å². The Morgan fingerprint density at radius 2 is 2.12 bits per heavy atom. The van der Waals surface area contributed by atoms with Crippen LogP contribution in [0.2, 0.25) is 0 Å². The van der Waals surface area contributed by atoms with Crippen molar-refractivity contribution in [2.45, 2.75) is 51.1 Å². The number of aliphatic hydroxyl groups excluding tert-OH is 1. The first-order valence-electron chi connectivity index (χ1n) is 6.36. The Bertz CT molecular complexity index is 226. The number of hydrogen-bond acceptors (Lipinski definition) is 4. The van der Waals surface area contributed by atoms with Gasteiger partial charge in [0.05, 0.1) is 18.8 Å². The summed E-state index contributed by atoms with van der Waals surface area (Å²) >= 11 is 0. The summed E-state index contributed by atoms with van der Waals surface area (Å²) < 4.78 is 11.6. The van der Waals surface area contributed by atoms with Crippen molar-refractivity contribution in [1.82, 2.24) is 4.90 Å². The second-order valence-electron chi connectivity index (χ2n) is 5.01. The quantitative estimate of drug-likeness (QED) is 0.783. The summed E-state index contributed by atoms with van der Waals surface area (Å²) in [5.41, 5.74) is 0. The number of piperidine rings is 1. The van der Waals surface area contributed by atoms with Crippen LogP contribution in [0.5, 0.6) is 0 Å². The lowest BCUT2D eigenvalue weighted by Gasteiger charge is -2.38. The number of hydrogen-bond donors (Lipinski definition) is 1. The summed E-state index contributed by atoms with van der Waals surface area (Å²) in [5, 5.41) is 9.60. The van der Waals surface area contributed by atoms with Gasteiger partial charge in [0, 0.05) is 32.5 Å². The zero-order chi connectivity index (χ0) is 11.6. The molecule has 2 saturated heterocycles. The van der Waals surface area contributed by atoms with Gasteiger partial charge < -0.3 is 19.5 Å². The summed E-state index contributed by atoms with van der Waals surface area (Å²) in [4.78, 5) is 2.30. The highest BCUT2D eigenvalue weighted by Gasteiger charge is 2.42. The van der Waals surface area contributed by atoms with Crippen LogP contribution in [-0.4, -0.2) is 54.2 Å². The van der Waals surface area contributed by atoms with Crippen molar-refractivity contribution in [3.8, 4) is 0 Å². The van der Waals surface area contributed by atoms with Crippen LogP contribution in [-0.2, 0) is 9.47 Å². The Balaban J connectivity index is 1.78. The first kappa shape index (κ1) is 12.3. The zero-order valence-corrected chi connectivity index (χ0v) is 10.3. The maximum absolute atomic E-state index is 9.60. The highest BCUT2D eigenvalue weighted by atomic mass is 16.7. The molecule has 1 spiro atoms. The number of rotatable bonds is 3. The molecule has 0 aromatic rings. The minimum absolute atomic E-state index is 0.196. The lowest BCUT2D eigenvalue weighted by Crippen LogP contribution is -2.47. The van der Waals surface area contributed by atoms with E-state index in [1.807, 2.05) is 6.92 Å². The van der Waals surface area contributed by atoms with E-state index >= 15 is 0 Å². The Kier molecular flexibility index (Phi) is 3.85. The van der Waals surface area contributed by atoms with Crippen molar-refractivity contribution >= 4 is 0 Å². The van der Waals surface area contributed by atoms with Crippen molar-refractivity contribution in [3.05, 3.63) is 0 Å². The third-order valence-corrected chi connectivity index (χ3v) is 3.56. The molecule has 0 unspecified atom stereocenters. The van der Waals surface area contributed by atoms with Gasteiger partial charge in [-0.3, -0.25) is 0 Å². The molecule has 0 saturated carbocycles. The van der Waals surface area contributed by atoms with E-state index in [9.17, 15) is 5.11 Å². The molecule has 94 valence electrons. The standard InChI is InChI=1S/C12H23NO3/c1-3-11(14)8-13-6-4-12(5-7-13)15-9-10(2)16-12/h10-11,14H,3-9H2,1-2H3/t10-,11+/m0/s1. The van der Waals surface area contributed by atoms with E-state index in [1.165, 1.54) is 0 Å². The number of ether oxygens (including phenoxy) is 2. The van der Waals surface area contributed by atoms with Gasteiger partial charge in [-0.05, 0) is 13.3 Å². The van der Waals surface area contributed by atoms with E-state index in [0.717, 1.165) is 45.5 Å². The highest BCUT2D eigenvalue weighted by molar-refractivity contribution is 4.85. The van der Waals surface area contributed by atoms with Gasteiger partial charge in [0.1, 0.15) is 0 Å². The normalized spacial score (nSPS) is 32.1. The molecule has 0 bridgehead atoms. The summed E-state index contributed by atoms with van der Waals surface area (Å²) in [6.07, 6.45) is 2.71. The Morgan fingerprint density at radius 1 is 1.44 bits per heavy atom. The third-order valence-electron chi connectivity index (χ3n) is 3.56. The van der Waals surface area contributed by atoms with E-state index < -0.39 is 0 Å². The maximum Gasteiger partial charge on any atom is 0.171 e. The summed E-state index contributed by atoms with van der Waals surface area (Å²) in [6, 6.07) is 0. The predicted molar refractivity (Wildman–Crippen MR) is 61.2 cm³/mol. The van der Waals surface area contributed by atoms with Crippen molar-refractivity contribution < 1.29 is 14.6 Å². The first-order chi connectivity index (χ1) is 7.63. The molecule has 2 rings (SSSR count). The number of likely N-dealkylation sites (tertiary alicyclic amines) is 1. The molecular formula is C12H23NO3. The van der Waals surface area contributed by atoms with Crippen LogP contribution in [0, 0.1) is 0 Å². The van der Waals surface area contributed by atoms with Crippen LogP contribution in [0.1, 0.15) is 33.1 Å². The summed E-state index contributed by atoms with van der Waals surface area (Å²) in [6.45, 7) is 7.50. The predicted octanol–water partition coefficient (Wildman–Crippen LogP) is 0.985. The lowest BCUT2D eigenvalue weighted by atomic mass is 10.0. The van der Waals surface area contributed by atoms with E-state index in [-0.39, 0.29) is 18.0 Å². The van der Waals surface area contributed by atoms with Gasteiger partial charge in [0.2, 0.25) is 0 Å². The van der Waals surface area contributed by atoms with Crippen molar-refractivity contribution in [3.63, 3.8) is 0 Å². The molecule has 0 radical (unpaired) electrons. The second kappa shape index (κ2) is 5.00. The number of nitrogens with zero attached hydrogens (tertiary/aromatic N) is 1. The molecule has 2 atom stereocenters. The number of aliphatic hydroxyl groups is 1. The topological polar surface area (TPSA) is 41.9 Å². The molecule has 0 aromatic carbocycles. The van der Waals surface area contributed by atoms with Gasteiger partial charge in [0.25, 0.3) is 0 Å². The third kappa shape index (κ3) is 2.74. The first-order valence-corrected chi connectivity index (χ1v) is 6.36. The second-order valence-corrected chi connectivity index (χ2v) is 5.01. The van der Waals surface area contributed by atoms with Gasteiger partial charge in [-0.2, -0.15) is 0 Å². The van der Waals surface area contributed by atoms with Crippen LogP contribution >= 0.6 is 0 Å². The summed E-state index contributed by atoms with van der Waals surface area (Å²) in [5.74, 6) is -0.312. The van der Waals surface area contributed by atoms with E-state index in [4.69, 9.17) is 9.47 Å². The van der Waals surface area contributed by atoms with Crippen LogP contribution in [0.4, 0.5) is 0 Å².